The molecule has 2 rings (SSSR count). The number of halogens is 1. The summed E-state index contributed by atoms with van der Waals surface area (Å²) in [6, 6.07) is 5.85. The number of carbonyl (C=O) groups is 1. The van der Waals surface area contributed by atoms with E-state index in [0.717, 1.165) is 18.4 Å². The maximum atomic E-state index is 11.8. The number of nitrogens with zero attached hydrogens (tertiary/aromatic N) is 1. The minimum absolute atomic E-state index is 0.0203. The van der Waals surface area contributed by atoms with Crippen LogP contribution in [0.1, 0.15) is 18.4 Å². The molecule has 0 aliphatic heterocycles. The highest BCUT2D eigenvalue weighted by molar-refractivity contribution is 6.30. The molecule has 0 saturated heterocycles. The molecule has 1 aromatic rings. The minimum atomic E-state index is 0.0203. The SMILES string of the molecule is Cc1ccc(Cl)cc1OCC(=O)N(C)C1CC1. The van der Waals surface area contributed by atoms with Crippen LogP contribution in [0.5, 0.6) is 5.75 Å². The van der Waals surface area contributed by atoms with Crippen molar-refractivity contribution in [1.82, 2.24) is 4.90 Å². The van der Waals surface area contributed by atoms with Gasteiger partial charge in [-0.2, -0.15) is 0 Å². The third kappa shape index (κ3) is 3.13. The summed E-state index contributed by atoms with van der Waals surface area (Å²) in [5.41, 5.74) is 0.983. The van der Waals surface area contributed by atoms with Gasteiger partial charge in [-0.15, -0.1) is 0 Å². The maximum absolute atomic E-state index is 11.8. The molecule has 0 aromatic heterocycles. The van der Waals surface area contributed by atoms with Crippen LogP contribution < -0.4 is 4.74 Å². The highest BCUT2D eigenvalue weighted by atomic mass is 35.5. The number of rotatable bonds is 4. The first-order valence-corrected chi connectivity index (χ1v) is 6.10. The van der Waals surface area contributed by atoms with Gasteiger partial charge in [0.2, 0.25) is 0 Å². The molecule has 1 aliphatic rings. The van der Waals surface area contributed by atoms with Crippen molar-refractivity contribution < 1.29 is 9.53 Å². The molecular formula is C13H16ClNO2. The molecule has 3 nitrogen and oxygen atoms in total. The molecule has 0 spiro atoms. The Kier molecular flexibility index (Phi) is 3.57. The molecular weight excluding hydrogens is 238 g/mol. The van der Waals surface area contributed by atoms with Gasteiger partial charge in [0.15, 0.2) is 6.61 Å². The molecule has 0 N–H and O–H groups in total. The van der Waals surface area contributed by atoms with Crippen molar-refractivity contribution >= 4 is 17.5 Å². The third-order valence-corrected chi connectivity index (χ3v) is 3.22. The second-order valence-electron chi connectivity index (χ2n) is 4.43. The summed E-state index contributed by atoms with van der Waals surface area (Å²) >= 11 is 5.88. The van der Waals surface area contributed by atoms with E-state index in [0.29, 0.717) is 16.8 Å². The fourth-order valence-electron chi connectivity index (χ4n) is 1.64. The zero-order valence-corrected chi connectivity index (χ0v) is 10.8. The number of ether oxygens (including phenoxy) is 1. The zero-order chi connectivity index (χ0) is 12.4. The van der Waals surface area contributed by atoms with Crippen LogP contribution in [0.25, 0.3) is 0 Å². The van der Waals surface area contributed by atoms with Crippen molar-refractivity contribution in [1.29, 1.82) is 0 Å². The number of hydrogen-bond acceptors (Lipinski definition) is 2. The topological polar surface area (TPSA) is 29.5 Å². The van der Waals surface area contributed by atoms with Crippen molar-refractivity contribution in [2.75, 3.05) is 13.7 Å². The van der Waals surface area contributed by atoms with Gasteiger partial charge >= 0.3 is 0 Å². The van der Waals surface area contributed by atoms with Gasteiger partial charge in [-0.3, -0.25) is 4.79 Å². The van der Waals surface area contributed by atoms with E-state index in [1.165, 1.54) is 0 Å². The number of amides is 1. The van der Waals surface area contributed by atoms with E-state index < -0.39 is 0 Å². The first kappa shape index (κ1) is 12.2. The van der Waals surface area contributed by atoms with Crippen molar-refractivity contribution in [3.8, 4) is 5.75 Å². The molecule has 92 valence electrons. The fraction of sp³-hybridized carbons (Fsp3) is 0.462. The summed E-state index contributed by atoms with van der Waals surface area (Å²) in [5.74, 6) is 0.696. The molecule has 0 atom stereocenters. The van der Waals surface area contributed by atoms with Gasteiger partial charge in [0.05, 0.1) is 0 Å². The number of aryl methyl sites for hydroxylation is 1. The van der Waals surface area contributed by atoms with Gasteiger partial charge in [0.1, 0.15) is 5.75 Å². The molecule has 1 saturated carbocycles. The molecule has 0 radical (unpaired) electrons. The van der Waals surface area contributed by atoms with E-state index in [1.807, 2.05) is 26.1 Å². The van der Waals surface area contributed by atoms with Crippen molar-refractivity contribution in [2.45, 2.75) is 25.8 Å². The standard InChI is InChI=1S/C13H16ClNO2/c1-9-3-4-10(14)7-12(9)17-8-13(16)15(2)11-5-6-11/h3-4,7,11H,5-6,8H2,1-2H3. The van der Waals surface area contributed by atoms with Crippen LogP contribution in [0.15, 0.2) is 18.2 Å². The van der Waals surface area contributed by atoms with Crippen molar-refractivity contribution in [2.24, 2.45) is 0 Å². The largest absolute Gasteiger partial charge is 0.483 e. The summed E-state index contributed by atoms with van der Waals surface area (Å²) < 4.78 is 5.50. The number of benzene rings is 1. The number of carbonyl (C=O) groups excluding carboxylic acids is 1. The van der Waals surface area contributed by atoms with Crippen LogP contribution in [0.3, 0.4) is 0 Å². The summed E-state index contributed by atoms with van der Waals surface area (Å²) in [6.45, 7) is 2.01. The molecule has 17 heavy (non-hydrogen) atoms. The Morgan fingerprint density at radius 3 is 2.88 bits per heavy atom. The Bertz CT molecular complexity index is 429. The van der Waals surface area contributed by atoms with Gasteiger partial charge < -0.3 is 9.64 Å². The Balaban J connectivity index is 1.92. The first-order valence-electron chi connectivity index (χ1n) is 5.72. The lowest BCUT2D eigenvalue weighted by atomic mass is 10.2. The highest BCUT2D eigenvalue weighted by Crippen LogP contribution is 2.26. The molecule has 1 fully saturated rings. The van der Waals surface area contributed by atoms with E-state index in [1.54, 1.807) is 11.0 Å². The van der Waals surface area contributed by atoms with Crippen LogP contribution >= 0.6 is 11.6 Å². The van der Waals surface area contributed by atoms with E-state index in [2.05, 4.69) is 0 Å². The minimum Gasteiger partial charge on any atom is -0.483 e. The van der Waals surface area contributed by atoms with Crippen LogP contribution in [-0.4, -0.2) is 30.5 Å². The molecule has 1 aliphatic carbocycles. The Labute approximate surface area is 106 Å². The lowest BCUT2D eigenvalue weighted by Crippen LogP contribution is -2.33. The van der Waals surface area contributed by atoms with E-state index in [9.17, 15) is 4.79 Å². The van der Waals surface area contributed by atoms with Crippen molar-refractivity contribution in [3.05, 3.63) is 28.8 Å². The Morgan fingerprint density at radius 2 is 2.24 bits per heavy atom. The predicted octanol–water partition coefficient (Wildman–Crippen LogP) is 2.65. The van der Waals surface area contributed by atoms with E-state index in [4.69, 9.17) is 16.3 Å². The van der Waals surface area contributed by atoms with Crippen LogP contribution in [0, 0.1) is 6.92 Å². The van der Waals surface area contributed by atoms with Crippen molar-refractivity contribution in [3.63, 3.8) is 0 Å². The predicted molar refractivity (Wildman–Crippen MR) is 67.5 cm³/mol. The number of hydrogen-bond donors (Lipinski definition) is 0. The van der Waals surface area contributed by atoms with Crippen LogP contribution in [-0.2, 0) is 4.79 Å². The quantitative estimate of drug-likeness (QED) is 0.826. The molecule has 1 amide bonds. The number of likely N-dealkylation sites (N-methyl/N-ethyl adjacent to an activating group) is 1. The lowest BCUT2D eigenvalue weighted by Gasteiger charge is -2.17. The molecule has 4 heteroatoms. The van der Waals surface area contributed by atoms with E-state index >= 15 is 0 Å². The Hall–Kier alpha value is -1.22. The van der Waals surface area contributed by atoms with Gasteiger partial charge in [0, 0.05) is 18.1 Å². The average Bonchev–Trinajstić information content (AvgIpc) is 3.13. The second kappa shape index (κ2) is 4.96. The first-order chi connectivity index (χ1) is 8.08. The van der Waals surface area contributed by atoms with Crippen LogP contribution in [0.4, 0.5) is 0 Å². The zero-order valence-electron chi connectivity index (χ0n) is 10.1. The second-order valence-corrected chi connectivity index (χ2v) is 4.87. The van der Waals surface area contributed by atoms with Gasteiger partial charge in [-0.05, 0) is 37.5 Å². The molecule has 0 heterocycles. The molecule has 1 aromatic carbocycles. The van der Waals surface area contributed by atoms with Crippen LogP contribution in [0.2, 0.25) is 5.02 Å². The smallest absolute Gasteiger partial charge is 0.260 e. The fourth-order valence-corrected chi connectivity index (χ4v) is 1.80. The van der Waals surface area contributed by atoms with E-state index in [-0.39, 0.29) is 12.5 Å². The Morgan fingerprint density at radius 1 is 1.53 bits per heavy atom. The molecule has 0 bridgehead atoms. The monoisotopic (exact) mass is 253 g/mol. The average molecular weight is 254 g/mol. The summed E-state index contributed by atoms with van der Waals surface area (Å²) in [7, 11) is 1.83. The summed E-state index contributed by atoms with van der Waals surface area (Å²) in [4.78, 5) is 13.5. The molecule has 0 unspecified atom stereocenters. The normalized spacial score (nSPS) is 14.5. The maximum Gasteiger partial charge on any atom is 0.260 e. The van der Waals surface area contributed by atoms with Gasteiger partial charge in [-0.25, -0.2) is 0 Å². The summed E-state index contributed by atoms with van der Waals surface area (Å²) in [6.07, 6.45) is 2.22. The summed E-state index contributed by atoms with van der Waals surface area (Å²) in [5, 5.41) is 0.619. The highest BCUT2D eigenvalue weighted by Gasteiger charge is 2.29. The van der Waals surface area contributed by atoms with Gasteiger partial charge in [0.25, 0.3) is 5.91 Å². The third-order valence-electron chi connectivity index (χ3n) is 2.99. The lowest BCUT2D eigenvalue weighted by molar-refractivity contribution is -0.132. The van der Waals surface area contributed by atoms with Gasteiger partial charge in [-0.1, -0.05) is 17.7 Å².